The van der Waals surface area contributed by atoms with Crippen LogP contribution in [0.4, 0.5) is 0 Å². The van der Waals surface area contributed by atoms with Gasteiger partial charge in [0.1, 0.15) is 0 Å². The summed E-state index contributed by atoms with van der Waals surface area (Å²) in [6.45, 7) is 12.2. The van der Waals surface area contributed by atoms with Gasteiger partial charge in [-0.25, -0.2) is 0 Å². The normalized spacial score (nSPS) is 16.4. The van der Waals surface area contributed by atoms with E-state index in [2.05, 4.69) is 33.0 Å². The van der Waals surface area contributed by atoms with Gasteiger partial charge >= 0.3 is 0 Å². The first kappa shape index (κ1) is 14.9. The van der Waals surface area contributed by atoms with Crippen LogP contribution >= 0.6 is 0 Å². The molecule has 1 unspecified atom stereocenters. The summed E-state index contributed by atoms with van der Waals surface area (Å²) in [5.74, 6) is 0. The lowest BCUT2D eigenvalue weighted by molar-refractivity contribution is -0.0387. The van der Waals surface area contributed by atoms with Crippen molar-refractivity contribution in [3.8, 4) is 0 Å². The van der Waals surface area contributed by atoms with Crippen LogP contribution in [0.2, 0.25) is 0 Å². The summed E-state index contributed by atoms with van der Waals surface area (Å²) in [5, 5.41) is 13.3. The van der Waals surface area contributed by atoms with Gasteiger partial charge in [-0.15, -0.1) is 0 Å². The van der Waals surface area contributed by atoms with Crippen LogP contribution in [-0.4, -0.2) is 36.0 Å². The molecule has 92 valence electrons. The third kappa shape index (κ3) is 10.2. The Morgan fingerprint density at radius 2 is 1.80 bits per heavy atom. The second-order valence-corrected chi connectivity index (χ2v) is 5.48. The average Bonchev–Trinajstić information content (AvgIpc) is 2.01. The molecule has 0 aromatic carbocycles. The second-order valence-electron chi connectivity index (χ2n) is 5.48. The smallest absolute Gasteiger partial charge is 0.0864 e. The fraction of sp³-hybridized carbons (Fsp3) is 1.00. The monoisotopic (exact) mass is 217 g/mol. The highest BCUT2D eigenvalue weighted by molar-refractivity contribution is 4.76. The van der Waals surface area contributed by atoms with Crippen molar-refractivity contribution in [1.29, 1.82) is 0 Å². The maximum atomic E-state index is 9.97. The standard InChI is InChI=1S/C12H27NO2/c1-6-9-15-10-12(5,14)7-8-13-11(2,3)4/h13-14H,6-10H2,1-5H3. The van der Waals surface area contributed by atoms with Gasteiger partial charge in [0.2, 0.25) is 0 Å². The molecule has 0 aromatic heterocycles. The van der Waals surface area contributed by atoms with Crippen LogP contribution in [0.3, 0.4) is 0 Å². The Bertz CT molecular complexity index is 161. The quantitative estimate of drug-likeness (QED) is 0.640. The number of rotatable bonds is 7. The van der Waals surface area contributed by atoms with Crippen molar-refractivity contribution in [1.82, 2.24) is 5.32 Å². The highest BCUT2D eigenvalue weighted by Crippen LogP contribution is 2.10. The Kier molecular flexibility index (Phi) is 6.41. The summed E-state index contributed by atoms with van der Waals surface area (Å²) in [7, 11) is 0. The molecular weight excluding hydrogens is 190 g/mol. The van der Waals surface area contributed by atoms with Crippen LogP contribution in [-0.2, 0) is 4.74 Å². The number of ether oxygens (including phenoxy) is 1. The summed E-state index contributed by atoms with van der Waals surface area (Å²) >= 11 is 0. The van der Waals surface area contributed by atoms with Crippen molar-refractivity contribution in [2.24, 2.45) is 0 Å². The van der Waals surface area contributed by atoms with E-state index in [9.17, 15) is 5.11 Å². The van der Waals surface area contributed by atoms with Gasteiger partial charge in [-0.2, -0.15) is 0 Å². The minimum Gasteiger partial charge on any atom is -0.388 e. The number of nitrogens with one attached hydrogen (secondary N) is 1. The minimum atomic E-state index is -0.715. The number of hydrogen-bond acceptors (Lipinski definition) is 3. The van der Waals surface area contributed by atoms with Gasteiger partial charge in [-0.1, -0.05) is 6.92 Å². The Morgan fingerprint density at radius 3 is 2.27 bits per heavy atom. The fourth-order valence-electron chi connectivity index (χ4n) is 1.22. The van der Waals surface area contributed by atoms with E-state index >= 15 is 0 Å². The van der Waals surface area contributed by atoms with Crippen molar-refractivity contribution in [3.05, 3.63) is 0 Å². The first-order valence-corrected chi connectivity index (χ1v) is 5.82. The van der Waals surface area contributed by atoms with Gasteiger partial charge < -0.3 is 15.2 Å². The Hall–Kier alpha value is -0.120. The molecular formula is C12H27NO2. The van der Waals surface area contributed by atoms with Gasteiger partial charge in [-0.3, -0.25) is 0 Å². The molecule has 0 heterocycles. The fourth-order valence-corrected chi connectivity index (χ4v) is 1.22. The molecule has 0 fully saturated rings. The molecule has 0 rings (SSSR count). The van der Waals surface area contributed by atoms with Gasteiger partial charge in [-0.05, 0) is 47.1 Å². The summed E-state index contributed by atoms with van der Waals surface area (Å²) in [6, 6.07) is 0. The van der Waals surface area contributed by atoms with E-state index in [1.54, 1.807) is 0 Å². The van der Waals surface area contributed by atoms with Crippen LogP contribution < -0.4 is 5.32 Å². The first-order chi connectivity index (χ1) is 6.77. The second kappa shape index (κ2) is 6.46. The molecule has 0 aliphatic heterocycles. The van der Waals surface area contributed by atoms with Gasteiger partial charge in [0.05, 0.1) is 12.2 Å². The maximum Gasteiger partial charge on any atom is 0.0864 e. The lowest BCUT2D eigenvalue weighted by Gasteiger charge is -2.26. The van der Waals surface area contributed by atoms with E-state index in [4.69, 9.17) is 4.74 Å². The van der Waals surface area contributed by atoms with E-state index in [0.29, 0.717) is 13.0 Å². The molecule has 2 N–H and O–H groups in total. The Labute approximate surface area is 94.2 Å². The summed E-state index contributed by atoms with van der Waals surface area (Å²) in [4.78, 5) is 0. The van der Waals surface area contributed by atoms with Crippen molar-refractivity contribution in [3.63, 3.8) is 0 Å². The SMILES string of the molecule is CCCOCC(C)(O)CCNC(C)(C)C. The predicted molar refractivity (Wildman–Crippen MR) is 64.1 cm³/mol. The highest BCUT2D eigenvalue weighted by atomic mass is 16.5. The van der Waals surface area contributed by atoms with Crippen LogP contribution in [0.1, 0.15) is 47.5 Å². The molecule has 0 saturated carbocycles. The summed E-state index contributed by atoms with van der Waals surface area (Å²) < 4.78 is 5.35. The lowest BCUT2D eigenvalue weighted by Crippen LogP contribution is -2.41. The van der Waals surface area contributed by atoms with Crippen molar-refractivity contribution >= 4 is 0 Å². The topological polar surface area (TPSA) is 41.5 Å². The zero-order valence-corrected chi connectivity index (χ0v) is 10.9. The third-order valence-electron chi connectivity index (χ3n) is 2.08. The first-order valence-electron chi connectivity index (χ1n) is 5.82. The minimum absolute atomic E-state index is 0.111. The van der Waals surface area contributed by atoms with E-state index < -0.39 is 5.60 Å². The molecule has 15 heavy (non-hydrogen) atoms. The molecule has 0 amide bonds. The van der Waals surface area contributed by atoms with Crippen LogP contribution in [0, 0.1) is 0 Å². The molecule has 3 nitrogen and oxygen atoms in total. The summed E-state index contributed by atoms with van der Waals surface area (Å²) in [6.07, 6.45) is 1.71. The number of hydrogen-bond donors (Lipinski definition) is 2. The van der Waals surface area contributed by atoms with Crippen molar-refractivity contribution < 1.29 is 9.84 Å². The third-order valence-corrected chi connectivity index (χ3v) is 2.08. The van der Waals surface area contributed by atoms with E-state index in [1.807, 2.05) is 6.92 Å². The van der Waals surface area contributed by atoms with Crippen molar-refractivity contribution in [2.75, 3.05) is 19.8 Å². The summed E-state index contributed by atoms with van der Waals surface area (Å²) in [5.41, 5.74) is -0.603. The Balaban J connectivity index is 3.64. The average molecular weight is 217 g/mol. The van der Waals surface area contributed by atoms with E-state index in [1.165, 1.54) is 0 Å². The number of aliphatic hydroxyl groups is 1. The molecule has 0 radical (unpaired) electrons. The molecule has 0 spiro atoms. The van der Waals surface area contributed by atoms with Crippen LogP contribution in [0.15, 0.2) is 0 Å². The van der Waals surface area contributed by atoms with Gasteiger partial charge in [0.25, 0.3) is 0 Å². The van der Waals surface area contributed by atoms with Crippen LogP contribution in [0.25, 0.3) is 0 Å². The molecule has 0 aromatic rings. The molecule has 3 heteroatoms. The lowest BCUT2D eigenvalue weighted by atomic mass is 10.0. The van der Waals surface area contributed by atoms with Gasteiger partial charge in [0, 0.05) is 12.1 Å². The molecule has 0 bridgehead atoms. The molecule has 0 saturated heterocycles. The Morgan fingerprint density at radius 1 is 1.20 bits per heavy atom. The predicted octanol–water partition coefficient (Wildman–Crippen LogP) is 1.94. The zero-order chi connectivity index (χ0) is 11.9. The van der Waals surface area contributed by atoms with Crippen LogP contribution in [0.5, 0.6) is 0 Å². The van der Waals surface area contributed by atoms with E-state index in [-0.39, 0.29) is 5.54 Å². The zero-order valence-electron chi connectivity index (χ0n) is 10.9. The van der Waals surface area contributed by atoms with E-state index in [0.717, 1.165) is 19.6 Å². The van der Waals surface area contributed by atoms with Gasteiger partial charge in [0.15, 0.2) is 0 Å². The van der Waals surface area contributed by atoms with Crippen molar-refractivity contribution in [2.45, 2.75) is 58.6 Å². The highest BCUT2D eigenvalue weighted by Gasteiger charge is 2.21. The maximum absolute atomic E-state index is 9.97. The molecule has 1 atom stereocenters. The largest absolute Gasteiger partial charge is 0.388 e. The molecule has 0 aliphatic rings. The molecule has 0 aliphatic carbocycles.